The average Bonchev–Trinajstić information content (AvgIpc) is 3.75. The number of amides is 2. The number of nitriles is 1. The fourth-order valence-electron chi connectivity index (χ4n) is 8.17. The second-order valence-electron chi connectivity index (χ2n) is 17.6. The highest BCUT2D eigenvalue weighted by Gasteiger charge is 2.53. The first-order valence-corrected chi connectivity index (χ1v) is 25.9. The normalized spacial score (nSPS) is 17.1. The molecule has 0 bridgehead atoms. The predicted octanol–water partition coefficient (Wildman–Crippen LogP) is 6.72. The van der Waals surface area contributed by atoms with Crippen molar-refractivity contribution in [1.29, 1.82) is 5.26 Å². The van der Waals surface area contributed by atoms with Crippen LogP contribution in [-0.2, 0) is 47.9 Å². The molecule has 1 aromatic heterocycles. The van der Waals surface area contributed by atoms with Crippen LogP contribution in [0.25, 0.3) is 0 Å². The molecule has 3 aromatic carbocycles. The molecule has 4 aromatic rings. The molecule has 20 nitrogen and oxygen atoms in total. The number of alkyl halides is 3. The van der Waals surface area contributed by atoms with E-state index in [0.717, 1.165) is 16.2 Å². The maximum Gasteiger partial charge on any atom is 0.471 e. The van der Waals surface area contributed by atoms with Crippen LogP contribution in [0.3, 0.4) is 0 Å². The predicted molar refractivity (Wildman–Crippen MR) is 273 cm³/mol. The van der Waals surface area contributed by atoms with E-state index in [-0.39, 0.29) is 90.9 Å². The SMILES string of the molecule is COc1ccc(C(OC[C@H]2O[C@@H](n3ccc(=O)[nH]c3=O)[C@H](OC(=O)NCCCOCCOCCOCCCNC(=O)C(F)(F)F)[C@@H]2OP(OCCC#N)N(C(C)C)C(C)C)(c2ccccc2)c2ccc(OC)cc2)cc1. The number of hydrogen-bond acceptors (Lipinski definition) is 16. The lowest BCUT2D eigenvalue weighted by Crippen LogP contribution is -2.45. The number of aromatic amines is 1. The van der Waals surface area contributed by atoms with E-state index < -0.39 is 68.1 Å². The van der Waals surface area contributed by atoms with Gasteiger partial charge in [0.1, 0.15) is 29.3 Å². The third-order valence-electron chi connectivity index (χ3n) is 11.7. The number of benzene rings is 3. The highest BCUT2D eigenvalue weighted by atomic mass is 31.2. The number of alkyl carbamates (subject to hydrolysis) is 1. The van der Waals surface area contributed by atoms with Gasteiger partial charge in [0.2, 0.25) is 0 Å². The number of hydrogen-bond donors (Lipinski definition) is 3. The molecule has 1 aliphatic heterocycles. The number of halogens is 3. The minimum absolute atomic E-state index is 0.0125. The summed E-state index contributed by atoms with van der Waals surface area (Å²) in [7, 11) is 1.11. The highest BCUT2D eigenvalue weighted by Crippen LogP contribution is 2.51. The molecule has 0 aliphatic carbocycles. The summed E-state index contributed by atoms with van der Waals surface area (Å²) in [5.41, 5.74) is -0.684. The molecule has 76 heavy (non-hydrogen) atoms. The summed E-state index contributed by atoms with van der Waals surface area (Å²) in [6.07, 6.45) is -9.07. The van der Waals surface area contributed by atoms with Crippen LogP contribution in [-0.4, -0.2) is 143 Å². The second kappa shape index (κ2) is 30.7. The van der Waals surface area contributed by atoms with Crippen molar-refractivity contribution in [2.45, 2.75) is 95.4 Å². The Morgan fingerprint density at radius 2 is 1.30 bits per heavy atom. The van der Waals surface area contributed by atoms with Gasteiger partial charge in [0.05, 0.1) is 66.4 Å². The standard InChI is InChI=1S/C52H68F3N6O14P/c1-36(2)61(37(3)4)76(72-30-10-24-56)75-45-43(35-71-51(38-13-8-7-9-14-38,39-15-19-41(66-5)20-16-39)40-17-21-42(67-6)22-18-40)73-47(60-27-23-44(62)59-49(60)64)46(45)74-50(65)58-26-12-29-69-32-34-70-33-31-68-28-11-25-57-48(63)52(53,54)55/h7-9,13-23,27,36-37,43,45-47H,10-12,25-26,28-35H2,1-6H3,(H,57,63)(H,58,65)(H,59,62,64)/t43-,45-,46-,47-,76?/m1/s1. The topological polar surface area (TPSA) is 232 Å². The van der Waals surface area contributed by atoms with Gasteiger partial charge in [-0.15, -0.1) is 0 Å². The van der Waals surface area contributed by atoms with E-state index in [9.17, 15) is 37.6 Å². The number of aromatic nitrogens is 2. The van der Waals surface area contributed by atoms with Gasteiger partial charge in [0.15, 0.2) is 12.3 Å². The van der Waals surface area contributed by atoms with Crippen LogP contribution in [0.1, 0.15) is 69.9 Å². The molecule has 2 amide bonds. The summed E-state index contributed by atoms with van der Waals surface area (Å²) in [5, 5.41) is 14.0. The fourth-order valence-corrected chi connectivity index (χ4v) is 9.94. The zero-order valence-corrected chi connectivity index (χ0v) is 44.3. The van der Waals surface area contributed by atoms with Crippen LogP contribution in [0.5, 0.6) is 11.5 Å². The Bertz CT molecular complexity index is 2480. The summed E-state index contributed by atoms with van der Waals surface area (Å²) in [4.78, 5) is 53.1. The van der Waals surface area contributed by atoms with E-state index in [1.807, 2.05) is 111 Å². The van der Waals surface area contributed by atoms with Gasteiger partial charge < -0.3 is 57.6 Å². The van der Waals surface area contributed by atoms with E-state index >= 15 is 0 Å². The maximum atomic E-state index is 13.9. The van der Waals surface area contributed by atoms with Crippen molar-refractivity contribution in [1.82, 2.24) is 24.9 Å². The minimum Gasteiger partial charge on any atom is -0.497 e. The Hall–Kier alpha value is -5.93. The Balaban J connectivity index is 1.39. The number of ether oxygens (including phenoxy) is 8. The van der Waals surface area contributed by atoms with Crippen LogP contribution < -0.4 is 31.4 Å². The number of carbonyl (C=O) groups excluding carboxylic acids is 2. The van der Waals surface area contributed by atoms with Crippen LogP contribution >= 0.6 is 8.53 Å². The van der Waals surface area contributed by atoms with Gasteiger partial charge in [-0.3, -0.25) is 19.1 Å². The van der Waals surface area contributed by atoms with Gasteiger partial charge in [0.25, 0.3) is 14.1 Å². The van der Waals surface area contributed by atoms with Gasteiger partial charge >= 0.3 is 23.9 Å². The monoisotopic (exact) mass is 1090 g/mol. The number of nitrogens with one attached hydrogen (secondary N) is 3. The molecule has 5 atom stereocenters. The molecule has 24 heteroatoms. The van der Waals surface area contributed by atoms with Crippen LogP contribution in [0.15, 0.2) is 101 Å². The fraction of sp³-hybridized carbons (Fsp3) is 0.519. The molecule has 5 rings (SSSR count). The van der Waals surface area contributed by atoms with Crippen molar-refractivity contribution < 1.29 is 69.7 Å². The zero-order chi connectivity index (χ0) is 55.1. The zero-order valence-electron chi connectivity index (χ0n) is 43.5. The molecule has 3 N–H and O–H groups in total. The second-order valence-corrected chi connectivity index (χ2v) is 19.0. The summed E-state index contributed by atoms with van der Waals surface area (Å²) >= 11 is 0. The van der Waals surface area contributed by atoms with Crippen molar-refractivity contribution in [3.8, 4) is 17.6 Å². The Labute approximate surface area is 440 Å². The Morgan fingerprint density at radius 3 is 1.82 bits per heavy atom. The summed E-state index contributed by atoms with van der Waals surface area (Å²) in [6.45, 7) is 8.78. The van der Waals surface area contributed by atoms with Gasteiger partial charge in [-0.1, -0.05) is 54.6 Å². The smallest absolute Gasteiger partial charge is 0.471 e. The van der Waals surface area contributed by atoms with Crippen molar-refractivity contribution >= 4 is 20.5 Å². The van der Waals surface area contributed by atoms with E-state index in [0.29, 0.717) is 29.0 Å². The molecule has 0 radical (unpaired) electrons. The number of rotatable bonds is 32. The number of methoxy groups -OCH3 is 2. The van der Waals surface area contributed by atoms with Gasteiger partial charge in [-0.2, -0.15) is 18.4 Å². The van der Waals surface area contributed by atoms with Crippen molar-refractivity contribution in [2.75, 3.05) is 80.2 Å². The van der Waals surface area contributed by atoms with E-state index in [1.165, 1.54) is 6.20 Å². The first-order valence-electron chi connectivity index (χ1n) is 24.8. The maximum absolute atomic E-state index is 13.9. The highest BCUT2D eigenvalue weighted by molar-refractivity contribution is 7.44. The first kappa shape index (κ1) is 60.9. The van der Waals surface area contributed by atoms with Crippen molar-refractivity contribution in [3.63, 3.8) is 0 Å². The molecule has 2 heterocycles. The van der Waals surface area contributed by atoms with Crippen molar-refractivity contribution in [2.24, 2.45) is 0 Å². The lowest BCUT2D eigenvalue weighted by Gasteiger charge is -2.39. The number of carbonyl (C=O) groups is 2. The third kappa shape index (κ3) is 17.6. The largest absolute Gasteiger partial charge is 0.497 e. The molecule has 1 fully saturated rings. The molecule has 0 spiro atoms. The molecule has 1 saturated heterocycles. The van der Waals surface area contributed by atoms with Crippen LogP contribution in [0, 0.1) is 11.3 Å². The third-order valence-corrected chi connectivity index (χ3v) is 13.8. The molecule has 1 aliphatic rings. The Kier molecular flexibility index (Phi) is 24.6. The van der Waals surface area contributed by atoms with E-state index in [1.54, 1.807) is 19.5 Å². The minimum atomic E-state index is -4.93. The van der Waals surface area contributed by atoms with E-state index in [4.69, 9.17) is 46.9 Å². The molecule has 1 unspecified atom stereocenters. The van der Waals surface area contributed by atoms with Crippen molar-refractivity contribution in [3.05, 3.63) is 129 Å². The van der Waals surface area contributed by atoms with Gasteiger partial charge in [-0.05, 0) is 81.5 Å². The van der Waals surface area contributed by atoms with Gasteiger partial charge in [-0.25, -0.2) is 14.3 Å². The molecule has 416 valence electrons. The average molecular weight is 1090 g/mol. The Morgan fingerprint density at radius 1 is 0.763 bits per heavy atom. The molecular formula is C52H68F3N6O14P. The van der Waals surface area contributed by atoms with Crippen LogP contribution in [0.4, 0.5) is 18.0 Å². The summed E-state index contributed by atoms with van der Waals surface area (Å²) < 4.78 is 101. The summed E-state index contributed by atoms with van der Waals surface area (Å²) in [5.74, 6) is -0.772. The quantitative estimate of drug-likeness (QED) is 0.0262. The number of nitrogens with zero attached hydrogens (tertiary/aromatic N) is 3. The molecular weight excluding hydrogens is 1020 g/mol. The van der Waals surface area contributed by atoms with Gasteiger partial charge in [0, 0.05) is 50.7 Å². The summed E-state index contributed by atoms with van der Waals surface area (Å²) in [6, 6.07) is 27.4. The van der Waals surface area contributed by atoms with E-state index in [2.05, 4.69) is 16.4 Å². The lowest BCUT2D eigenvalue weighted by atomic mass is 9.80. The first-order chi connectivity index (χ1) is 36.5. The lowest BCUT2D eigenvalue weighted by molar-refractivity contribution is -0.173. The van der Waals surface area contributed by atoms with Crippen LogP contribution in [0.2, 0.25) is 0 Å². The number of H-pyrrole nitrogens is 1. The molecule has 0 saturated carbocycles.